The predicted octanol–water partition coefficient (Wildman–Crippen LogP) is 2.45. The number of thiazole rings is 1. The molecule has 1 aromatic rings. The Morgan fingerprint density at radius 2 is 2.24 bits per heavy atom. The van der Waals surface area contributed by atoms with E-state index in [9.17, 15) is 18.0 Å². The molecule has 2 heterocycles. The summed E-state index contributed by atoms with van der Waals surface area (Å²) >= 11 is 1.31. The van der Waals surface area contributed by atoms with Crippen molar-refractivity contribution in [2.24, 2.45) is 11.7 Å². The molecule has 0 aliphatic carbocycles. The van der Waals surface area contributed by atoms with Gasteiger partial charge in [0.05, 0.1) is 10.9 Å². The van der Waals surface area contributed by atoms with Gasteiger partial charge in [-0.3, -0.25) is 4.79 Å². The maximum atomic E-state index is 13.0. The van der Waals surface area contributed by atoms with Crippen LogP contribution in [0, 0.1) is 5.92 Å². The molecule has 1 unspecified atom stereocenters. The van der Waals surface area contributed by atoms with Crippen molar-refractivity contribution in [3.8, 4) is 0 Å². The maximum Gasteiger partial charge on any atom is 0.394 e. The van der Waals surface area contributed by atoms with E-state index in [2.05, 4.69) is 4.98 Å². The van der Waals surface area contributed by atoms with Gasteiger partial charge in [-0.2, -0.15) is 13.2 Å². The molecule has 1 aliphatic rings. The van der Waals surface area contributed by atoms with Crippen LogP contribution in [0.15, 0.2) is 5.38 Å². The first kappa shape index (κ1) is 16.2. The minimum atomic E-state index is -4.30. The fraction of sp³-hybridized carbons (Fsp3) is 0.692. The highest BCUT2D eigenvalue weighted by molar-refractivity contribution is 7.09. The van der Waals surface area contributed by atoms with Crippen LogP contribution < -0.4 is 5.73 Å². The Hall–Kier alpha value is -1.15. The van der Waals surface area contributed by atoms with Gasteiger partial charge >= 0.3 is 6.18 Å². The van der Waals surface area contributed by atoms with E-state index in [1.54, 1.807) is 5.38 Å². The second kappa shape index (κ2) is 5.57. The van der Waals surface area contributed by atoms with Crippen molar-refractivity contribution < 1.29 is 18.0 Å². The topological polar surface area (TPSA) is 59.2 Å². The van der Waals surface area contributed by atoms with Gasteiger partial charge in [-0.1, -0.05) is 0 Å². The summed E-state index contributed by atoms with van der Waals surface area (Å²) < 4.78 is 39.1. The van der Waals surface area contributed by atoms with Crippen molar-refractivity contribution in [3.63, 3.8) is 0 Å². The van der Waals surface area contributed by atoms with E-state index in [0.29, 0.717) is 13.0 Å². The number of likely N-dealkylation sites (tertiary alicyclic amines) is 1. The highest BCUT2D eigenvalue weighted by atomic mass is 32.1. The molecule has 0 saturated carbocycles. The molecule has 1 atom stereocenters. The van der Waals surface area contributed by atoms with Gasteiger partial charge in [0.1, 0.15) is 5.69 Å². The summed E-state index contributed by atoms with van der Waals surface area (Å²) in [5.41, 5.74) is 4.37. The number of hydrogen-bond donors (Lipinski definition) is 1. The lowest BCUT2D eigenvalue weighted by Crippen LogP contribution is -2.49. The average molecular weight is 321 g/mol. The first-order chi connectivity index (χ1) is 9.67. The lowest BCUT2D eigenvalue weighted by molar-refractivity contribution is -0.189. The van der Waals surface area contributed by atoms with E-state index in [1.807, 2.05) is 0 Å². The summed E-state index contributed by atoms with van der Waals surface area (Å²) in [5, 5.41) is 2.31. The number of nitrogens with two attached hydrogens (primary N) is 1. The zero-order valence-electron chi connectivity index (χ0n) is 11.9. The summed E-state index contributed by atoms with van der Waals surface area (Å²) in [4.78, 5) is 17.9. The molecular weight excluding hydrogens is 303 g/mol. The molecule has 1 saturated heterocycles. The number of aromatic nitrogens is 1. The monoisotopic (exact) mass is 321 g/mol. The third-order valence-electron chi connectivity index (χ3n) is 3.96. The molecule has 0 bridgehead atoms. The number of carbonyl (C=O) groups excluding carboxylic acids is 1. The van der Waals surface area contributed by atoms with Gasteiger partial charge in [-0.25, -0.2) is 4.98 Å². The Bertz CT molecular complexity index is 527. The predicted molar refractivity (Wildman–Crippen MR) is 74.1 cm³/mol. The first-order valence-corrected chi connectivity index (χ1v) is 7.59. The van der Waals surface area contributed by atoms with Crippen LogP contribution in [0.5, 0.6) is 0 Å². The summed E-state index contributed by atoms with van der Waals surface area (Å²) in [5.74, 6) is -1.94. The lowest BCUT2D eigenvalue weighted by atomic mass is 9.88. The molecule has 21 heavy (non-hydrogen) atoms. The molecule has 2 rings (SSSR count). The Morgan fingerprint density at radius 1 is 1.57 bits per heavy atom. The number of hydrogen-bond acceptors (Lipinski definition) is 4. The van der Waals surface area contributed by atoms with Crippen LogP contribution in [0.2, 0.25) is 0 Å². The largest absolute Gasteiger partial charge is 0.394 e. The van der Waals surface area contributed by atoms with E-state index in [1.165, 1.54) is 30.1 Å². The van der Waals surface area contributed by atoms with Crippen LogP contribution in [0.3, 0.4) is 0 Å². The van der Waals surface area contributed by atoms with Crippen LogP contribution in [0.1, 0.15) is 35.8 Å². The fourth-order valence-corrected chi connectivity index (χ4v) is 3.59. The SMILES string of the molecule is CC1(C)C(C(F)(F)F)CCN1C(=O)c1csc(CCN)n1. The normalized spacial score (nSPS) is 21.8. The molecule has 0 spiro atoms. The van der Waals surface area contributed by atoms with Crippen LogP contribution in [-0.4, -0.2) is 40.6 Å². The van der Waals surface area contributed by atoms with Crippen molar-refractivity contribution in [3.05, 3.63) is 16.1 Å². The summed E-state index contributed by atoms with van der Waals surface area (Å²) in [6.45, 7) is 3.44. The van der Waals surface area contributed by atoms with Crippen molar-refractivity contribution in [1.29, 1.82) is 0 Å². The van der Waals surface area contributed by atoms with Crippen LogP contribution in [-0.2, 0) is 6.42 Å². The number of rotatable bonds is 3. The first-order valence-electron chi connectivity index (χ1n) is 6.71. The van der Waals surface area contributed by atoms with E-state index in [0.717, 1.165) is 5.01 Å². The summed E-state index contributed by atoms with van der Waals surface area (Å²) in [6.07, 6.45) is -3.81. The molecule has 1 aromatic heterocycles. The number of halogens is 3. The smallest absolute Gasteiger partial charge is 0.332 e. The van der Waals surface area contributed by atoms with Gasteiger partial charge in [0.15, 0.2) is 0 Å². The molecular formula is C13H18F3N3OS. The van der Waals surface area contributed by atoms with Gasteiger partial charge in [0, 0.05) is 23.9 Å². The maximum absolute atomic E-state index is 13.0. The van der Waals surface area contributed by atoms with Crippen LogP contribution in [0.25, 0.3) is 0 Å². The van der Waals surface area contributed by atoms with Crippen LogP contribution in [0.4, 0.5) is 13.2 Å². The second-order valence-electron chi connectivity index (χ2n) is 5.66. The highest BCUT2D eigenvalue weighted by Crippen LogP contribution is 2.45. The molecule has 4 nitrogen and oxygen atoms in total. The van der Waals surface area contributed by atoms with Gasteiger partial charge in [0.25, 0.3) is 5.91 Å². The van der Waals surface area contributed by atoms with Crippen molar-refractivity contribution in [2.75, 3.05) is 13.1 Å². The van der Waals surface area contributed by atoms with Crippen LogP contribution >= 0.6 is 11.3 Å². The van der Waals surface area contributed by atoms with Crippen molar-refractivity contribution in [1.82, 2.24) is 9.88 Å². The average Bonchev–Trinajstić information content (AvgIpc) is 2.92. The minimum absolute atomic E-state index is 0.0674. The Labute approximate surface area is 125 Å². The van der Waals surface area contributed by atoms with E-state index >= 15 is 0 Å². The van der Waals surface area contributed by atoms with E-state index in [-0.39, 0.29) is 18.7 Å². The Kier molecular flexibility index (Phi) is 4.30. The molecule has 1 fully saturated rings. The molecule has 0 radical (unpaired) electrons. The van der Waals surface area contributed by atoms with Gasteiger partial charge in [0.2, 0.25) is 0 Å². The van der Waals surface area contributed by atoms with Gasteiger partial charge < -0.3 is 10.6 Å². The number of amides is 1. The summed E-state index contributed by atoms with van der Waals surface area (Å²) in [7, 11) is 0. The zero-order valence-corrected chi connectivity index (χ0v) is 12.7. The molecule has 1 aliphatic heterocycles. The van der Waals surface area contributed by atoms with E-state index < -0.39 is 23.5 Å². The Morgan fingerprint density at radius 3 is 2.76 bits per heavy atom. The summed E-state index contributed by atoms with van der Waals surface area (Å²) in [6, 6.07) is 0. The van der Waals surface area contributed by atoms with Gasteiger partial charge in [-0.15, -0.1) is 11.3 Å². The molecule has 118 valence electrons. The lowest BCUT2D eigenvalue weighted by Gasteiger charge is -2.36. The number of nitrogens with zero attached hydrogens (tertiary/aromatic N) is 2. The van der Waals surface area contributed by atoms with Gasteiger partial charge in [-0.05, 0) is 26.8 Å². The molecule has 0 aromatic carbocycles. The standard InChI is InChI=1S/C13H18F3N3OS/c1-12(2)9(13(14,15)16)4-6-19(12)11(20)8-7-21-10(18-8)3-5-17/h7,9H,3-6,17H2,1-2H3. The quantitative estimate of drug-likeness (QED) is 0.930. The molecule has 2 N–H and O–H groups in total. The molecule has 8 heteroatoms. The van der Waals surface area contributed by atoms with Crippen molar-refractivity contribution >= 4 is 17.2 Å². The van der Waals surface area contributed by atoms with Crippen molar-refractivity contribution in [2.45, 2.75) is 38.4 Å². The second-order valence-corrected chi connectivity index (χ2v) is 6.60. The number of alkyl halides is 3. The third-order valence-corrected chi connectivity index (χ3v) is 4.87. The minimum Gasteiger partial charge on any atom is -0.332 e. The zero-order chi connectivity index (χ0) is 15.8. The fourth-order valence-electron chi connectivity index (χ4n) is 2.80. The number of carbonyl (C=O) groups is 1. The highest BCUT2D eigenvalue weighted by Gasteiger charge is 2.56. The third kappa shape index (κ3) is 3.06. The Balaban J connectivity index is 2.20. The van der Waals surface area contributed by atoms with E-state index in [4.69, 9.17) is 5.73 Å². The molecule has 1 amide bonds.